The van der Waals surface area contributed by atoms with E-state index >= 15 is 0 Å². The van der Waals surface area contributed by atoms with Crippen molar-refractivity contribution in [3.05, 3.63) is 83.6 Å². The summed E-state index contributed by atoms with van der Waals surface area (Å²) in [6, 6.07) is 5.20. The molecule has 3 N–H and O–H groups in total. The number of thiazole rings is 1. The van der Waals surface area contributed by atoms with E-state index in [1.807, 2.05) is 0 Å². The zero-order chi connectivity index (χ0) is 22.4. The Morgan fingerprint density at radius 3 is 2.72 bits per heavy atom. The molecule has 11 heteroatoms. The molecule has 4 aromatic heterocycles. The molecule has 0 aliphatic heterocycles. The highest BCUT2D eigenvalue weighted by Gasteiger charge is 2.26. The van der Waals surface area contributed by atoms with Crippen LogP contribution in [0.15, 0.2) is 55.2 Å². The van der Waals surface area contributed by atoms with Gasteiger partial charge < -0.3 is 10.7 Å². The normalized spacial score (nSPS) is 11.2. The zero-order valence-electron chi connectivity index (χ0n) is 16.0. The molecule has 158 valence electrons. The topological polar surface area (TPSA) is 120 Å². The van der Waals surface area contributed by atoms with Gasteiger partial charge in [0.05, 0.1) is 16.0 Å². The van der Waals surface area contributed by atoms with Gasteiger partial charge in [-0.15, -0.1) is 0 Å². The fourth-order valence-electron chi connectivity index (χ4n) is 3.30. The molecule has 5 rings (SSSR count). The molecule has 0 spiro atoms. The molecular weight excluding hydrogens is 438 g/mol. The highest BCUT2D eigenvalue weighted by atomic mass is 32.1. The first kappa shape index (κ1) is 19.7. The Bertz CT molecular complexity index is 1510. The van der Waals surface area contributed by atoms with Crippen LogP contribution in [0.5, 0.6) is 0 Å². The molecule has 1 aromatic carbocycles. The first-order chi connectivity index (χ1) is 15.4. The summed E-state index contributed by atoms with van der Waals surface area (Å²) in [5.41, 5.74) is 4.73. The quantitative estimate of drug-likeness (QED) is 0.397. The molecule has 0 unspecified atom stereocenters. The molecule has 1 amide bonds. The number of nitrogens with one attached hydrogen (secondary N) is 1. The van der Waals surface area contributed by atoms with Crippen LogP contribution in [0.4, 0.5) is 8.78 Å². The lowest BCUT2D eigenvalue weighted by Crippen LogP contribution is -2.17. The number of ketones is 1. The summed E-state index contributed by atoms with van der Waals surface area (Å²) < 4.78 is 30.7. The van der Waals surface area contributed by atoms with Crippen LogP contribution in [-0.4, -0.2) is 36.4 Å². The first-order valence-corrected chi connectivity index (χ1v) is 10.0. The van der Waals surface area contributed by atoms with Crippen LogP contribution in [0.1, 0.15) is 26.3 Å². The maximum Gasteiger partial charge on any atom is 0.251 e. The van der Waals surface area contributed by atoms with Gasteiger partial charge in [-0.25, -0.2) is 23.4 Å². The molecule has 0 saturated carbocycles. The zero-order valence-corrected chi connectivity index (χ0v) is 16.9. The van der Waals surface area contributed by atoms with Crippen LogP contribution in [0, 0.1) is 11.6 Å². The van der Waals surface area contributed by atoms with E-state index in [1.54, 1.807) is 41.6 Å². The Morgan fingerprint density at radius 1 is 1.12 bits per heavy atom. The van der Waals surface area contributed by atoms with Crippen molar-refractivity contribution in [2.75, 3.05) is 0 Å². The number of carbonyl (C=O) groups excluding carboxylic acids is 2. The van der Waals surface area contributed by atoms with Crippen molar-refractivity contribution in [1.82, 2.24) is 24.7 Å². The summed E-state index contributed by atoms with van der Waals surface area (Å²) in [6.45, 7) is 0. The Balaban J connectivity index is 1.59. The number of halogens is 2. The number of H-pyrrole nitrogens is 1. The monoisotopic (exact) mass is 450 g/mol. The number of hydrogen-bond acceptors (Lipinski definition) is 6. The molecular formula is C21H12F2N6O2S. The predicted octanol–water partition coefficient (Wildman–Crippen LogP) is 3.48. The van der Waals surface area contributed by atoms with Crippen molar-refractivity contribution in [2.45, 2.75) is 0 Å². The number of primary amides is 1. The summed E-state index contributed by atoms with van der Waals surface area (Å²) in [6.07, 6.45) is 7.96. The third-order valence-corrected chi connectivity index (χ3v) is 5.87. The van der Waals surface area contributed by atoms with Crippen molar-refractivity contribution in [3.63, 3.8) is 0 Å². The van der Waals surface area contributed by atoms with E-state index in [0.29, 0.717) is 21.7 Å². The number of rotatable bonds is 5. The van der Waals surface area contributed by atoms with Gasteiger partial charge in [0.2, 0.25) is 10.9 Å². The van der Waals surface area contributed by atoms with E-state index in [2.05, 4.69) is 20.1 Å². The lowest BCUT2D eigenvalue weighted by molar-refractivity contribution is 0.0996. The summed E-state index contributed by atoms with van der Waals surface area (Å²) in [5, 5.41) is 5.14. The van der Waals surface area contributed by atoms with Crippen LogP contribution in [0.25, 0.3) is 26.6 Å². The van der Waals surface area contributed by atoms with Crippen LogP contribution in [0.2, 0.25) is 0 Å². The maximum atomic E-state index is 14.7. The molecule has 0 saturated heterocycles. The van der Waals surface area contributed by atoms with E-state index in [9.17, 15) is 18.4 Å². The molecule has 0 aliphatic carbocycles. The Hall–Kier alpha value is -4.25. The number of benzene rings is 1. The summed E-state index contributed by atoms with van der Waals surface area (Å²) in [4.78, 5) is 36.7. The predicted molar refractivity (Wildman–Crippen MR) is 113 cm³/mol. The number of fused-ring (bicyclic) bond motifs is 1. The van der Waals surface area contributed by atoms with Crippen molar-refractivity contribution >= 4 is 34.1 Å². The van der Waals surface area contributed by atoms with Crippen molar-refractivity contribution in [2.24, 2.45) is 5.73 Å². The molecule has 0 atom stereocenters. The third-order valence-electron chi connectivity index (χ3n) is 4.84. The van der Waals surface area contributed by atoms with Gasteiger partial charge in [-0.05, 0) is 24.3 Å². The van der Waals surface area contributed by atoms with E-state index in [-0.39, 0.29) is 5.56 Å². The Kier molecular flexibility index (Phi) is 4.59. The Morgan fingerprint density at radius 2 is 1.97 bits per heavy atom. The van der Waals surface area contributed by atoms with Crippen LogP contribution < -0.4 is 5.73 Å². The maximum absolute atomic E-state index is 14.7. The fraction of sp³-hybridized carbons (Fsp3) is 0. The summed E-state index contributed by atoms with van der Waals surface area (Å²) in [7, 11) is 0. The fourth-order valence-corrected chi connectivity index (χ4v) is 4.14. The number of nitrogens with two attached hydrogens (primary N) is 1. The van der Waals surface area contributed by atoms with Crippen molar-refractivity contribution in [3.8, 4) is 15.6 Å². The summed E-state index contributed by atoms with van der Waals surface area (Å²) >= 11 is 1.36. The highest BCUT2D eigenvalue weighted by Crippen LogP contribution is 2.31. The molecule has 0 aliphatic rings. The van der Waals surface area contributed by atoms with Crippen molar-refractivity contribution in [1.29, 1.82) is 0 Å². The third kappa shape index (κ3) is 3.15. The smallest absolute Gasteiger partial charge is 0.251 e. The number of amides is 1. The molecule has 0 radical (unpaired) electrons. The lowest BCUT2D eigenvalue weighted by atomic mass is 9.99. The molecule has 8 nitrogen and oxygen atoms in total. The number of aromatic amines is 1. The average molecular weight is 450 g/mol. The number of carbonyl (C=O) groups is 2. The minimum Gasteiger partial charge on any atom is -0.366 e. The van der Waals surface area contributed by atoms with Crippen LogP contribution >= 0.6 is 11.3 Å². The molecule has 0 bridgehead atoms. The minimum atomic E-state index is -1.30. The number of pyridine rings is 1. The second-order valence-electron chi connectivity index (χ2n) is 6.76. The Labute approximate surface area is 182 Å². The number of nitrogens with zero attached hydrogens (tertiary/aromatic N) is 4. The van der Waals surface area contributed by atoms with Gasteiger partial charge in [0.1, 0.15) is 17.3 Å². The molecule has 5 aromatic rings. The molecule has 4 heterocycles. The van der Waals surface area contributed by atoms with Gasteiger partial charge in [0, 0.05) is 47.5 Å². The largest absolute Gasteiger partial charge is 0.366 e. The number of hydrogen-bond donors (Lipinski definition) is 2. The number of aromatic nitrogens is 5. The second-order valence-corrected chi connectivity index (χ2v) is 7.77. The van der Waals surface area contributed by atoms with E-state index in [1.165, 1.54) is 17.5 Å². The first-order valence-electron chi connectivity index (χ1n) is 9.20. The second kappa shape index (κ2) is 7.46. The van der Waals surface area contributed by atoms with Gasteiger partial charge in [0.15, 0.2) is 0 Å². The lowest BCUT2D eigenvalue weighted by Gasteiger charge is -2.07. The average Bonchev–Trinajstić information content (AvgIpc) is 3.52. The standard InChI is InChI=1S/C21H12F2N6O2S/c22-14-3-2-11(19(24)31)17(23)16(14)18(30)13-8-26-20-12(13)6-10(7-25-20)15-9-27-21(32-15)29-5-1-4-28-29/h1-9H,(H2,24,31)(H,25,26). The van der Waals surface area contributed by atoms with Gasteiger partial charge in [-0.3, -0.25) is 9.59 Å². The van der Waals surface area contributed by atoms with Gasteiger partial charge in [-0.2, -0.15) is 5.10 Å². The van der Waals surface area contributed by atoms with Gasteiger partial charge in [-0.1, -0.05) is 11.3 Å². The molecule has 32 heavy (non-hydrogen) atoms. The van der Waals surface area contributed by atoms with Gasteiger partial charge >= 0.3 is 0 Å². The molecule has 0 fully saturated rings. The van der Waals surface area contributed by atoms with E-state index in [4.69, 9.17) is 5.73 Å². The van der Waals surface area contributed by atoms with Crippen LogP contribution in [-0.2, 0) is 0 Å². The van der Waals surface area contributed by atoms with Crippen molar-refractivity contribution < 1.29 is 18.4 Å². The van der Waals surface area contributed by atoms with E-state index < -0.39 is 34.5 Å². The minimum absolute atomic E-state index is 0.00517. The van der Waals surface area contributed by atoms with E-state index in [0.717, 1.165) is 17.0 Å². The SMILES string of the molecule is NC(=O)c1ccc(F)c(C(=O)c2c[nH]c3ncc(-c4cnc(-n5cccn5)s4)cc23)c1F. The highest BCUT2D eigenvalue weighted by molar-refractivity contribution is 7.17. The van der Waals surface area contributed by atoms with Gasteiger partial charge in [0.25, 0.3) is 5.91 Å². The summed E-state index contributed by atoms with van der Waals surface area (Å²) in [5.74, 6) is -4.43. The van der Waals surface area contributed by atoms with Crippen LogP contribution in [0.3, 0.4) is 0 Å².